The van der Waals surface area contributed by atoms with Gasteiger partial charge in [-0.3, -0.25) is 4.99 Å². The number of aliphatic imine (C=N–C) groups is 1. The smallest absolute Gasteiger partial charge is 0.160 e. The molecule has 1 unspecified atom stereocenters. The van der Waals surface area contributed by atoms with Gasteiger partial charge in [0.2, 0.25) is 0 Å². The Balaban J connectivity index is 2.42. The molecule has 0 aromatic rings. The van der Waals surface area contributed by atoms with Crippen LogP contribution in [-0.2, 0) is 0 Å². The molecule has 1 rings (SSSR count). The summed E-state index contributed by atoms with van der Waals surface area (Å²) in [6.45, 7) is 3.06. The molecular weight excluding hydrogens is 203 g/mol. The Morgan fingerprint density at radius 3 is 2.86 bits per heavy atom. The van der Waals surface area contributed by atoms with Crippen molar-refractivity contribution in [2.75, 3.05) is 6.54 Å². The summed E-state index contributed by atoms with van der Waals surface area (Å²) < 4.78 is 1.05. The number of nitrogens with one attached hydrogen (secondary N) is 1. The van der Waals surface area contributed by atoms with Crippen LogP contribution >= 0.6 is 22.6 Å². The molecule has 0 aromatic carbocycles. The average Bonchev–Trinajstić information content (AvgIpc) is 1.87. The van der Waals surface area contributed by atoms with E-state index in [9.17, 15) is 0 Å². The summed E-state index contributed by atoms with van der Waals surface area (Å²) in [6, 6.07) is 0.562. The molecule has 1 heterocycles. The molecule has 0 aromatic heterocycles. The lowest BCUT2D eigenvalue weighted by molar-refractivity contribution is 0.729. The van der Waals surface area contributed by atoms with Crippen LogP contribution in [0.2, 0.25) is 0 Å². The Bertz CT molecular complexity index is 99.9. The molecule has 3 heteroatoms. The van der Waals surface area contributed by atoms with Gasteiger partial charge in [-0.2, -0.15) is 0 Å². The molecule has 1 aliphatic heterocycles. The number of rotatable bonds is 0. The highest BCUT2D eigenvalue weighted by molar-refractivity contribution is 14.1. The Hall–Kier alpha value is 0.200. The van der Waals surface area contributed by atoms with Gasteiger partial charge >= 0.3 is 0 Å². The second-order valence-corrected chi connectivity index (χ2v) is 2.70. The van der Waals surface area contributed by atoms with Gasteiger partial charge in [0, 0.05) is 6.04 Å². The van der Waals surface area contributed by atoms with Gasteiger partial charge in [-0.25, -0.2) is 0 Å². The Kier molecular flexibility index (Phi) is 1.51. The molecule has 1 atom stereocenters. The molecule has 1 N–H and O–H groups in total. The molecule has 0 radical (unpaired) electrons. The van der Waals surface area contributed by atoms with Crippen LogP contribution in [0.4, 0.5) is 0 Å². The van der Waals surface area contributed by atoms with Crippen molar-refractivity contribution in [1.82, 2.24) is 5.32 Å². The van der Waals surface area contributed by atoms with E-state index < -0.39 is 0 Å². The normalized spacial score (nSPS) is 29.4. The van der Waals surface area contributed by atoms with E-state index in [0.717, 1.165) is 10.4 Å². The number of hydrogen-bond acceptors (Lipinski definition) is 2. The third kappa shape index (κ3) is 1.29. The fourth-order valence-corrected chi connectivity index (χ4v) is 1.24. The van der Waals surface area contributed by atoms with Crippen LogP contribution in [-0.4, -0.2) is 16.4 Å². The summed E-state index contributed by atoms with van der Waals surface area (Å²) in [5.41, 5.74) is 0. The molecule has 0 fully saturated rings. The van der Waals surface area contributed by atoms with Crippen LogP contribution in [0.25, 0.3) is 0 Å². The second-order valence-electron chi connectivity index (χ2n) is 1.68. The van der Waals surface area contributed by atoms with E-state index in [2.05, 4.69) is 39.8 Å². The van der Waals surface area contributed by atoms with E-state index in [0.29, 0.717) is 6.04 Å². The van der Waals surface area contributed by atoms with Crippen molar-refractivity contribution in [3.8, 4) is 0 Å². The van der Waals surface area contributed by atoms with Gasteiger partial charge in [0.15, 0.2) is 3.84 Å². The van der Waals surface area contributed by atoms with Gasteiger partial charge in [-0.05, 0) is 29.5 Å². The minimum Gasteiger partial charge on any atom is -0.361 e. The summed E-state index contributed by atoms with van der Waals surface area (Å²) in [4.78, 5) is 4.11. The Labute approximate surface area is 56.5 Å². The van der Waals surface area contributed by atoms with Gasteiger partial charge < -0.3 is 5.32 Å². The van der Waals surface area contributed by atoms with Gasteiger partial charge in [0.1, 0.15) is 0 Å². The predicted molar refractivity (Wildman–Crippen MR) is 38.9 cm³/mol. The summed E-state index contributed by atoms with van der Waals surface area (Å²) in [6.07, 6.45) is 0. The standard InChI is InChI=1S/C4H7IN2/c1-3-2-6-4(5)7-3/h3H,2H2,1H3,(H,6,7). The lowest BCUT2D eigenvalue weighted by Gasteiger charge is -1.97. The van der Waals surface area contributed by atoms with E-state index >= 15 is 0 Å². The lowest BCUT2D eigenvalue weighted by atomic mass is 10.4. The van der Waals surface area contributed by atoms with Crippen molar-refractivity contribution >= 4 is 26.4 Å². The zero-order valence-electron chi connectivity index (χ0n) is 4.11. The van der Waals surface area contributed by atoms with E-state index in [1.165, 1.54) is 0 Å². The van der Waals surface area contributed by atoms with Gasteiger partial charge in [0.05, 0.1) is 6.54 Å². The first-order chi connectivity index (χ1) is 3.29. The molecule has 1 aliphatic rings. The predicted octanol–water partition coefficient (Wildman–Crippen LogP) is 0.769. The summed E-state index contributed by atoms with van der Waals surface area (Å²) in [7, 11) is 0. The number of amidine groups is 1. The third-order valence-corrected chi connectivity index (χ3v) is 1.52. The van der Waals surface area contributed by atoms with Crippen LogP contribution in [0, 0.1) is 0 Å². The highest BCUT2D eigenvalue weighted by Crippen LogP contribution is 1.98. The minimum absolute atomic E-state index is 0.562. The van der Waals surface area contributed by atoms with Gasteiger partial charge in [0.25, 0.3) is 0 Å². The van der Waals surface area contributed by atoms with Crippen LogP contribution in [0.1, 0.15) is 6.92 Å². The summed E-state index contributed by atoms with van der Waals surface area (Å²) >= 11 is 2.19. The molecule has 0 spiro atoms. The van der Waals surface area contributed by atoms with Crippen molar-refractivity contribution in [2.45, 2.75) is 13.0 Å². The van der Waals surface area contributed by atoms with Gasteiger partial charge in [-0.15, -0.1) is 0 Å². The van der Waals surface area contributed by atoms with E-state index in [4.69, 9.17) is 0 Å². The molecule has 0 aliphatic carbocycles. The fourth-order valence-electron chi connectivity index (χ4n) is 0.512. The molecule has 0 saturated carbocycles. The quantitative estimate of drug-likeness (QED) is 0.463. The molecule has 40 valence electrons. The van der Waals surface area contributed by atoms with Crippen molar-refractivity contribution in [3.05, 3.63) is 0 Å². The fraction of sp³-hybridized carbons (Fsp3) is 0.750. The van der Waals surface area contributed by atoms with Crippen molar-refractivity contribution in [2.24, 2.45) is 4.99 Å². The van der Waals surface area contributed by atoms with E-state index in [-0.39, 0.29) is 0 Å². The van der Waals surface area contributed by atoms with Gasteiger partial charge in [-0.1, -0.05) is 0 Å². The maximum absolute atomic E-state index is 4.11. The van der Waals surface area contributed by atoms with Crippen molar-refractivity contribution < 1.29 is 0 Å². The molecule has 0 bridgehead atoms. The van der Waals surface area contributed by atoms with Crippen LogP contribution in [0.5, 0.6) is 0 Å². The lowest BCUT2D eigenvalue weighted by Crippen LogP contribution is -2.23. The molecular formula is C4H7IN2. The third-order valence-electron chi connectivity index (χ3n) is 0.869. The SMILES string of the molecule is CC1CN=C(I)N1. The molecule has 7 heavy (non-hydrogen) atoms. The van der Waals surface area contributed by atoms with E-state index in [1.807, 2.05) is 0 Å². The van der Waals surface area contributed by atoms with E-state index in [1.54, 1.807) is 0 Å². The Morgan fingerprint density at radius 2 is 2.71 bits per heavy atom. The van der Waals surface area contributed by atoms with Crippen LogP contribution in [0.3, 0.4) is 0 Å². The number of hydrogen-bond donors (Lipinski definition) is 1. The number of nitrogens with zero attached hydrogens (tertiary/aromatic N) is 1. The monoisotopic (exact) mass is 210 g/mol. The first kappa shape index (κ1) is 5.34. The van der Waals surface area contributed by atoms with Crippen LogP contribution in [0.15, 0.2) is 4.99 Å². The largest absolute Gasteiger partial charge is 0.361 e. The maximum Gasteiger partial charge on any atom is 0.160 e. The zero-order valence-corrected chi connectivity index (χ0v) is 6.27. The van der Waals surface area contributed by atoms with Crippen molar-refractivity contribution in [1.29, 1.82) is 0 Å². The molecule has 0 amide bonds. The maximum atomic E-state index is 4.11. The molecule has 2 nitrogen and oxygen atoms in total. The highest BCUT2D eigenvalue weighted by Gasteiger charge is 2.07. The topological polar surface area (TPSA) is 24.4 Å². The van der Waals surface area contributed by atoms with Crippen molar-refractivity contribution in [3.63, 3.8) is 0 Å². The molecule has 0 saturated heterocycles. The Morgan fingerprint density at radius 1 is 2.00 bits per heavy atom. The average molecular weight is 210 g/mol. The highest BCUT2D eigenvalue weighted by atomic mass is 127. The number of halogens is 1. The first-order valence-electron chi connectivity index (χ1n) is 2.25. The minimum atomic E-state index is 0.562. The summed E-state index contributed by atoms with van der Waals surface area (Å²) in [5.74, 6) is 0. The second kappa shape index (κ2) is 1.98. The van der Waals surface area contributed by atoms with Crippen LogP contribution < -0.4 is 5.32 Å². The summed E-state index contributed by atoms with van der Waals surface area (Å²) in [5, 5.41) is 3.15. The zero-order chi connectivity index (χ0) is 5.28. The first-order valence-corrected chi connectivity index (χ1v) is 3.33.